The number of hydrogen-bond donors (Lipinski definition) is 4. The van der Waals surface area contributed by atoms with E-state index >= 15 is 0 Å². The number of carbonyl (C=O) groups excluding carboxylic acids is 1. The minimum absolute atomic E-state index is 0.0666. The first-order chi connectivity index (χ1) is 16.1. The molecule has 0 spiro atoms. The molecule has 0 radical (unpaired) electrons. The highest BCUT2D eigenvalue weighted by molar-refractivity contribution is 8.00. The predicted octanol–water partition coefficient (Wildman–Crippen LogP) is 4.96. The van der Waals surface area contributed by atoms with E-state index in [0.29, 0.717) is 22.4 Å². The molecule has 0 fully saturated rings. The lowest BCUT2D eigenvalue weighted by Crippen LogP contribution is -2.23. The summed E-state index contributed by atoms with van der Waals surface area (Å²) in [5.74, 6) is 5.01. The van der Waals surface area contributed by atoms with Crippen LogP contribution in [0.25, 0.3) is 11.1 Å². The second-order valence-corrected chi connectivity index (χ2v) is 10.8. The van der Waals surface area contributed by atoms with Gasteiger partial charge in [0.15, 0.2) is 5.84 Å². The third-order valence-electron chi connectivity index (χ3n) is 4.97. The lowest BCUT2D eigenvalue weighted by molar-refractivity contribution is -0.115. The Morgan fingerprint density at radius 2 is 1.82 bits per heavy atom. The summed E-state index contributed by atoms with van der Waals surface area (Å²) < 4.78 is 13.9. The van der Waals surface area contributed by atoms with Crippen LogP contribution in [0.5, 0.6) is 0 Å². The monoisotopic (exact) mass is 479 g/mol. The molecule has 6 nitrogen and oxygen atoms in total. The minimum Gasteiger partial charge on any atom is -0.382 e. The molecule has 0 unspecified atom stereocenters. The van der Waals surface area contributed by atoms with Crippen LogP contribution in [0.4, 0.5) is 10.1 Å². The molecule has 0 saturated heterocycles. The van der Waals surface area contributed by atoms with E-state index in [1.54, 1.807) is 30.8 Å². The van der Waals surface area contributed by atoms with Crippen LogP contribution in [0.2, 0.25) is 0 Å². The van der Waals surface area contributed by atoms with Crippen LogP contribution in [0.3, 0.4) is 0 Å². The van der Waals surface area contributed by atoms with Gasteiger partial charge in [0.25, 0.3) is 0 Å². The van der Waals surface area contributed by atoms with Crippen molar-refractivity contribution in [2.24, 2.45) is 16.7 Å². The van der Waals surface area contributed by atoms with Gasteiger partial charge in [-0.25, -0.2) is 15.8 Å². The van der Waals surface area contributed by atoms with E-state index in [1.165, 1.54) is 6.07 Å². The first kappa shape index (κ1) is 25.3. The Hall–Kier alpha value is -3.36. The van der Waals surface area contributed by atoms with Gasteiger partial charge in [0.1, 0.15) is 5.82 Å². The van der Waals surface area contributed by atoms with Crippen LogP contribution >= 0.6 is 11.8 Å². The molecule has 1 amide bonds. The van der Waals surface area contributed by atoms with E-state index in [0.717, 1.165) is 16.0 Å². The first-order valence-corrected chi connectivity index (χ1v) is 11.7. The van der Waals surface area contributed by atoms with Crippen molar-refractivity contribution in [3.05, 3.63) is 83.2 Å². The SMILES string of the molecule is Cc1ccc(CC(=O)Nc2cc(-c3ccccc3/C(N)=N/NN)ccc2SC(C)(C)C)cc1F. The first-order valence-electron chi connectivity index (χ1n) is 10.8. The lowest BCUT2D eigenvalue weighted by atomic mass is 9.98. The van der Waals surface area contributed by atoms with Gasteiger partial charge in [0, 0.05) is 15.2 Å². The van der Waals surface area contributed by atoms with E-state index in [4.69, 9.17) is 11.6 Å². The largest absolute Gasteiger partial charge is 0.382 e. The van der Waals surface area contributed by atoms with Gasteiger partial charge in [-0.3, -0.25) is 4.79 Å². The van der Waals surface area contributed by atoms with Crippen LogP contribution < -0.4 is 22.4 Å². The summed E-state index contributed by atoms with van der Waals surface area (Å²) in [6, 6.07) is 18.3. The Bertz CT molecular complexity index is 1220. The molecule has 0 aromatic heterocycles. The number of benzene rings is 3. The fraction of sp³-hybridized carbons (Fsp3) is 0.231. The number of thioether (sulfide) groups is 1. The van der Waals surface area contributed by atoms with Gasteiger partial charge in [-0.1, -0.05) is 63.2 Å². The molecule has 34 heavy (non-hydrogen) atoms. The number of amides is 1. The van der Waals surface area contributed by atoms with E-state index in [-0.39, 0.29) is 28.7 Å². The number of carbonyl (C=O) groups is 1. The fourth-order valence-electron chi connectivity index (χ4n) is 3.43. The molecule has 0 aliphatic carbocycles. The number of hydrazone groups is 1. The maximum atomic E-state index is 13.9. The maximum Gasteiger partial charge on any atom is 0.228 e. The average Bonchev–Trinajstić information content (AvgIpc) is 2.77. The second kappa shape index (κ2) is 10.7. The quantitative estimate of drug-likeness (QED) is 0.126. The summed E-state index contributed by atoms with van der Waals surface area (Å²) in [5, 5.41) is 6.92. The summed E-state index contributed by atoms with van der Waals surface area (Å²) in [6.07, 6.45) is 0.0689. The molecule has 0 aliphatic heterocycles. The summed E-state index contributed by atoms with van der Waals surface area (Å²) in [7, 11) is 0. The highest BCUT2D eigenvalue weighted by atomic mass is 32.2. The van der Waals surface area contributed by atoms with Gasteiger partial charge in [0.2, 0.25) is 5.91 Å². The summed E-state index contributed by atoms with van der Waals surface area (Å²) in [6.45, 7) is 8.02. The minimum atomic E-state index is -0.320. The standard InChI is InChI=1S/C26H30FN5OS/c1-16-9-10-17(13-21(16)27)14-24(33)30-22-15-18(11-12-23(22)34-26(2,3)4)19-7-5-6-8-20(19)25(28)31-32-29/h5-13,15,32H,14,29H2,1-4H3,(H2,28,31)(H,30,33). The van der Waals surface area contributed by atoms with Crippen LogP contribution in [0.1, 0.15) is 37.5 Å². The lowest BCUT2D eigenvalue weighted by Gasteiger charge is -2.21. The molecule has 178 valence electrons. The molecule has 0 bridgehead atoms. The van der Waals surface area contributed by atoms with Crippen molar-refractivity contribution in [1.29, 1.82) is 0 Å². The molecule has 0 aliphatic rings. The number of aryl methyl sites for hydroxylation is 1. The third kappa shape index (κ3) is 6.59. The van der Waals surface area contributed by atoms with Crippen molar-refractivity contribution in [3.8, 4) is 11.1 Å². The molecule has 0 heterocycles. The average molecular weight is 480 g/mol. The van der Waals surface area contributed by atoms with Crippen LogP contribution in [0, 0.1) is 12.7 Å². The Balaban J connectivity index is 1.98. The zero-order chi connectivity index (χ0) is 24.9. The fourth-order valence-corrected chi connectivity index (χ4v) is 4.44. The van der Waals surface area contributed by atoms with Crippen LogP contribution in [0.15, 0.2) is 70.7 Å². The zero-order valence-corrected chi connectivity index (χ0v) is 20.6. The Kier molecular flexibility index (Phi) is 7.96. The molecule has 3 rings (SSSR count). The van der Waals surface area contributed by atoms with Crippen molar-refractivity contribution in [2.45, 2.75) is 43.8 Å². The Morgan fingerprint density at radius 1 is 1.09 bits per heavy atom. The van der Waals surface area contributed by atoms with Crippen molar-refractivity contribution < 1.29 is 9.18 Å². The van der Waals surface area contributed by atoms with Gasteiger partial charge < -0.3 is 11.1 Å². The van der Waals surface area contributed by atoms with Gasteiger partial charge in [-0.2, -0.15) is 0 Å². The van der Waals surface area contributed by atoms with Crippen molar-refractivity contribution in [1.82, 2.24) is 5.53 Å². The number of nitrogens with one attached hydrogen (secondary N) is 2. The number of rotatable bonds is 7. The number of amidine groups is 1. The van der Waals surface area contributed by atoms with Crippen LogP contribution in [-0.4, -0.2) is 16.5 Å². The van der Waals surface area contributed by atoms with Crippen molar-refractivity contribution in [2.75, 3.05) is 5.32 Å². The summed E-state index contributed by atoms with van der Waals surface area (Å²) >= 11 is 1.65. The molecule has 6 N–H and O–H groups in total. The van der Waals surface area contributed by atoms with Gasteiger partial charge in [-0.05, 0) is 47.4 Å². The summed E-state index contributed by atoms with van der Waals surface area (Å²) in [5.41, 5.74) is 12.6. The topological polar surface area (TPSA) is 106 Å². The number of anilines is 1. The van der Waals surface area contributed by atoms with Gasteiger partial charge in [-0.15, -0.1) is 16.9 Å². The summed E-state index contributed by atoms with van der Waals surface area (Å²) in [4.78, 5) is 13.8. The number of nitrogens with two attached hydrogens (primary N) is 2. The Morgan fingerprint density at radius 3 is 2.50 bits per heavy atom. The molecular weight excluding hydrogens is 449 g/mol. The predicted molar refractivity (Wildman–Crippen MR) is 139 cm³/mol. The molecule has 3 aromatic carbocycles. The zero-order valence-electron chi connectivity index (χ0n) is 19.8. The van der Waals surface area contributed by atoms with Crippen LogP contribution in [-0.2, 0) is 11.2 Å². The van der Waals surface area contributed by atoms with E-state index in [9.17, 15) is 9.18 Å². The van der Waals surface area contributed by atoms with Crippen molar-refractivity contribution in [3.63, 3.8) is 0 Å². The number of halogens is 1. The molecule has 0 atom stereocenters. The number of hydrazine groups is 1. The Labute approximate surface area is 204 Å². The normalized spacial score (nSPS) is 11.9. The van der Waals surface area contributed by atoms with E-state index in [2.05, 4.69) is 36.7 Å². The number of nitrogens with zero attached hydrogens (tertiary/aromatic N) is 1. The van der Waals surface area contributed by atoms with Gasteiger partial charge in [0.05, 0.1) is 12.1 Å². The van der Waals surface area contributed by atoms with E-state index in [1.807, 2.05) is 42.5 Å². The molecule has 3 aromatic rings. The molecule has 0 saturated carbocycles. The third-order valence-corrected chi connectivity index (χ3v) is 6.16. The van der Waals surface area contributed by atoms with Gasteiger partial charge >= 0.3 is 0 Å². The maximum absolute atomic E-state index is 13.9. The molecule has 8 heteroatoms. The molecular formula is C26H30FN5OS. The highest BCUT2D eigenvalue weighted by Crippen LogP contribution is 2.39. The number of hydrogen-bond acceptors (Lipinski definition) is 5. The smallest absolute Gasteiger partial charge is 0.228 e. The highest BCUT2D eigenvalue weighted by Gasteiger charge is 2.18. The van der Waals surface area contributed by atoms with E-state index < -0.39 is 0 Å². The second-order valence-electron chi connectivity index (χ2n) is 8.91. The van der Waals surface area contributed by atoms with Crippen molar-refractivity contribution >= 4 is 29.2 Å².